The van der Waals surface area contributed by atoms with Crippen LogP contribution in [0.2, 0.25) is 0 Å². The third-order valence-corrected chi connectivity index (χ3v) is 2.74. The zero-order valence-electron chi connectivity index (χ0n) is 8.02. The standard InChI is InChI=1S/C9H6BrF3N2O/c1-4-2-3-5(16-4)7-6(10)8(15-14-7)9(11,12)13/h2-3H,1H3,(H,14,15). The second kappa shape index (κ2) is 3.65. The summed E-state index contributed by atoms with van der Waals surface area (Å²) >= 11 is 2.86. The lowest BCUT2D eigenvalue weighted by atomic mass is 10.3. The number of aromatic amines is 1. The van der Waals surface area contributed by atoms with Gasteiger partial charge in [-0.05, 0) is 35.0 Å². The average Bonchev–Trinajstić information content (AvgIpc) is 2.70. The zero-order valence-corrected chi connectivity index (χ0v) is 9.61. The second-order valence-corrected chi connectivity index (χ2v) is 3.96. The molecule has 3 nitrogen and oxygen atoms in total. The van der Waals surface area contributed by atoms with Crippen molar-refractivity contribution in [1.82, 2.24) is 10.2 Å². The molecule has 2 rings (SSSR count). The summed E-state index contributed by atoms with van der Waals surface area (Å²) in [6.45, 7) is 1.70. The van der Waals surface area contributed by atoms with Crippen molar-refractivity contribution >= 4 is 15.9 Å². The molecule has 0 bridgehead atoms. The number of rotatable bonds is 1. The van der Waals surface area contributed by atoms with Crippen LogP contribution in [0, 0.1) is 6.92 Å². The first-order valence-electron chi connectivity index (χ1n) is 4.27. The van der Waals surface area contributed by atoms with Crippen LogP contribution in [0.25, 0.3) is 11.5 Å². The summed E-state index contributed by atoms with van der Waals surface area (Å²) in [5.74, 6) is 0.898. The Hall–Kier alpha value is -1.24. The van der Waals surface area contributed by atoms with Crippen molar-refractivity contribution < 1.29 is 17.6 Å². The van der Waals surface area contributed by atoms with Crippen LogP contribution in [0.1, 0.15) is 11.5 Å². The van der Waals surface area contributed by atoms with Gasteiger partial charge in [-0.1, -0.05) is 0 Å². The highest BCUT2D eigenvalue weighted by Crippen LogP contribution is 2.38. The van der Waals surface area contributed by atoms with Gasteiger partial charge in [-0.25, -0.2) is 0 Å². The number of hydrogen-bond acceptors (Lipinski definition) is 2. The molecule has 0 aliphatic heterocycles. The van der Waals surface area contributed by atoms with Crippen LogP contribution in [0.15, 0.2) is 21.0 Å². The van der Waals surface area contributed by atoms with Gasteiger partial charge in [0, 0.05) is 0 Å². The number of nitrogens with one attached hydrogen (secondary N) is 1. The molecule has 1 N–H and O–H groups in total. The summed E-state index contributed by atoms with van der Waals surface area (Å²) < 4.78 is 42.4. The van der Waals surface area contributed by atoms with Crippen LogP contribution >= 0.6 is 15.9 Å². The lowest BCUT2D eigenvalue weighted by Crippen LogP contribution is -2.06. The van der Waals surface area contributed by atoms with Crippen molar-refractivity contribution in [3.05, 3.63) is 28.1 Å². The first-order valence-corrected chi connectivity index (χ1v) is 5.07. The first kappa shape index (κ1) is 11.3. The number of alkyl halides is 3. The van der Waals surface area contributed by atoms with Gasteiger partial charge in [-0.3, -0.25) is 5.10 Å². The molecule has 0 unspecified atom stereocenters. The van der Waals surface area contributed by atoms with E-state index in [0.29, 0.717) is 5.76 Å². The summed E-state index contributed by atoms with van der Waals surface area (Å²) in [5, 5.41) is 5.52. The van der Waals surface area contributed by atoms with Crippen molar-refractivity contribution in [3.8, 4) is 11.5 Å². The highest BCUT2D eigenvalue weighted by atomic mass is 79.9. The van der Waals surface area contributed by atoms with E-state index in [-0.39, 0.29) is 15.9 Å². The third-order valence-electron chi connectivity index (χ3n) is 1.96. The maximum absolute atomic E-state index is 12.5. The van der Waals surface area contributed by atoms with E-state index in [1.807, 2.05) is 5.10 Å². The molecule has 16 heavy (non-hydrogen) atoms. The van der Waals surface area contributed by atoms with E-state index < -0.39 is 11.9 Å². The first-order chi connectivity index (χ1) is 7.39. The number of aromatic nitrogens is 2. The van der Waals surface area contributed by atoms with E-state index in [2.05, 4.69) is 21.0 Å². The predicted octanol–water partition coefficient (Wildman–Crippen LogP) is 3.76. The van der Waals surface area contributed by atoms with Crippen LogP contribution in [-0.4, -0.2) is 10.2 Å². The fourth-order valence-electron chi connectivity index (χ4n) is 1.24. The highest BCUT2D eigenvalue weighted by molar-refractivity contribution is 9.10. The van der Waals surface area contributed by atoms with Gasteiger partial charge >= 0.3 is 6.18 Å². The SMILES string of the molecule is Cc1ccc(-c2n[nH]c(C(F)(F)F)c2Br)o1. The van der Waals surface area contributed by atoms with E-state index in [9.17, 15) is 13.2 Å². The average molecular weight is 295 g/mol. The molecule has 0 saturated carbocycles. The second-order valence-electron chi connectivity index (χ2n) is 3.17. The molecule has 0 saturated heterocycles. The molecule has 0 amide bonds. The Balaban J connectivity index is 2.49. The van der Waals surface area contributed by atoms with Gasteiger partial charge in [0.05, 0.1) is 4.47 Å². The van der Waals surface area contributed by atoms with Crippen LogP contribution in [0.5, 0.6) is 0 Å². The van der Waals surface area contributed by atoms with Gasteiger partial charge in [0.1, 0.15) is 11.5 Å². The quantitative estimate of drug-likeness (QED) is 0.870. The number of aryl methyl sites for hydroxylation is 1. The normalized spacial score (nSPS) is 12.1. The molecule has 7 heteroatoms. The molecular formula is C9H6BrF3N2O. The minimum atomic E-state index is -4.47. The van der Waals surface area contributed by atoms with E-state index in [1.165, 1.54) is 0 Å². The highest BCUT2D eigenvalue weighted by Gasteiger charge is 2.37. The summed E-state index contributed by atoms with van der Waals surface area (Å²) in [7, 11) is 0. The number of hydrogen-bond donors (Lipinski definition) is 1. The lowest BCUT2D eigenvalue weighted by Gasteiger charge is -2.02. The van der Waals surface area contributed by atoms with Crippen LogP contribution in [0.4, 0.5) is 13.2 Å². The third kappa shape index (κ3) is 1.87. The number of nitrogens with zero attached hydrogens (tertiary/aromatic N) is 1. The molecule has 0 fully saturated rings. The maximum Gasteiger partial charge on any atom is 0.433 e. The number of halogens is 4. The molecule has 0 radical (unpaired) electrons. The monoisotopic (exact) mass is 294 g/mol. The Labute approximate surface area is 96.8 Å². The van der Waals surface area contributed by atoms with Gasteiger partial charge in [0.2, 0.25) is 0 Å². The zero-order chi connectivity index (χ0) is 11.9. The van der Waals surface area contributed by atoms with E-state index in [4.69, 9.17) is 4.42 Å². The van der Waals surface area contributed by atoms with Gasteiger partial charge in [0.25, 0.3) is 0 Å². The molecule has 86 valence electrons. The molecule has 0 atom stereocenters. The fourth-order valence-corrected chi connectivity index (χ4v) is 1.84. The van der Waals surface area contributed by atoms with Gasteiger partial charge in [-0.2, -0.15) is 18.3 Å². The smallest absolute Gasteiger partial charge is 0.433 e. The summed E-state index contributed by atoms with van der Waals surface area (Å²) in [4.78, 5) is 0. The maximum atomic E-state index is 12.5. The number of H-pyrrole nitrogens is 1. The Bertz CT molecular complexity index is 515. The Morgan fingerprint density at radius 2 is 2.06 bits per heavy atom. The Morgan fingerprint density at radius 1 is 1.38 bits per heavy atom. The van der Waals surface area contributed by atoms with E-state index in [0.717, 1.165) is 0 Å². The molecule has 2 aromatic rings. The van der Waals surface area contributed by atoms with Crippen molar-refractivity contribution in [1.29, 1.82) is 0 Å². The largest absolute Gasteiger partial charge is 0.460 e. The summed E-state index contributed by atoms with van der Waals surface area (Å²) in [6.07, 6.45) is -4.47. The molecule has 2 heterocycles. The lowest BCUT2D eigenvalue weighted by molar-refractivity contribution is -0.141. The van der Waals surface area contributed by atoms with Crippen molar-refractivity contribution in [2.45, 2.75) is 13.1 Å². The minimum absolute atomic E-state index is 0.112. The topological polar surface area (TPSA) is 41.8 Å². The Morgan fingerprint density at radius 3 is 2.50 bits per heavy atom. The minimum Gasteiger partial charge on any atom is -0.460 e. The van der Waals surface area contributed by atoms with Gasteiger partial charge in [0.15, 0.2) is 11.5 Å². The van der Waals surface area contributed by atoms with Crippen LogP contribution in [-0.2, 0) is 6.18 Å². The fraction of sp³-hybridized carbons (Fsp3) is 0.222. The van der Waals surface area contributed by atoms with Crippen LogP contribution in [0.3, 0.4) is 0 Å². The van der Waals surface area contributed by atoms with Crippen molar-refractivity contribution in [2.75, 3.05) is 0 Å². The molecule has 0 aromatic carbocycles. The van der Waals surface area contributed by atoms with Gasteiger partial charge < -0.3 is 4.42 Å². The van der Waals surface area contributed by atoms with Crippen molar-refractivity contribution in [3.63, 3.8) is 0 Å². The van der Waals surface area contributed by atoms with Crippen LogP contribution < -0.4 is 0 Å². The molecule has 0 aliphatic carbocycles. The molecule has 0 aliphatic rings. The predicted molar refractivity (Wildman–Crippen MR) is 53.7 cm³/mol. The van der Waals surface area contributed by atoms with E-state index >= 15 is 0 Å². The van der Waals surface area contributed by atoms with Gasteiger partial charge in [-0.15, -0.1) is 0 Å². The molecular weight excluding hydrogens is 289 g/mol. The summed E-state index contributed by atoms with van der Waals surface area (Å²) in [5.41, 5.74) is -0.808. The molecule has 0 spiro atoms. The van der Waals surface area contributed by atoms with Crippen molar-refractivity contribution in [2.24, 2.45) is 0 Å². The summed E-state index contributed by atoms with van der Waals surface area (Å²) in [6, 6.07) is 3.22. The molecule has 2 aromatic heterocycles. The number of furan rings is 1. The Kier molecular flexibility index (Phi) is 2.57. The van der Waals surface area contributed by atoms with E-state index in [1.54, 1.807) is 19.1 Å².